The van der Waals surface area contributed by atoms with E-state index < -0.39 is 21.3 Å². The van der Waals surface area contributed by atoms with Crippen LogP contribution in [0.4, 0.5) is 0 Å². The summed E-state index contributed by atoms with van der Waals surface area (Å²) in [6.45, 7) is 14.1. The second kappa shape index (κ2) is 14.0. The molecule has 8 rings (SSSR count). The predicted octanol–water partition coefficient (Wildman–Crippen LogP) is 13.2. The number of halogens is 2. The summed E-state index contributed by atoms with van der Waals surface area (Å²) in [4.78, 5) is 0. The fourth-order valence-electron chi connectivity index (χ4n) is 7.95. The van der Waals surface area contributed by atoms with Crippen LogP contribution in [-0.2, 0) is 32.1 Å². The Labute approximate surface area is 318 Å². The molecule has 2 aliphatic carbocycles. The first-order chi connectivity index (χ1) is 23.1. The van der Waals surface area contributed by atoms with Crippen molar-refractivity contribution in [2.45, 2.75) is 62.4 Å². The number of benzene rings is 6. The van der Waals surface area contributed by atoms with Gasteiger partial charge in [-0.3, -0.25) is 0 Å². The maximum absolute atomic E-state index is 2.88. The summed E-state index contributed by atoms with van der Waals surface area (Å²) >= 11 is -2.88. The molecule has 0 spiro atoms. The van der Waals surface area contributed by atoms with Gasteiger partial charge in [-0.05, 0) is 0 Å². The molecule has 0 bridgehead atoms. The molecular weight excluding hydrogens is 727 g/mol. The Morgan fingerprint density at radius 3 is 1.46 bits per heavy atom. The van der Waals surface area contributed by atoms with Crippen molar-refractivity contribution in [3.63, 3.8) is 0 Å². The summed E-state index contributed by atoms with van der Waals surface area (Å²) in [6, 6.07) is 47.0. The van der Waals surface area contributed by atoms with Gasteiger partial charge in [0.1, 0.15) is 0 Å². The first-order valence-electron chi connectivity index (χ1n) is 17.5. The Balaban J connectivity index is 0.00000216. The van der Waals surface area contributed by atoms with Gasteiger partial charge in [-0.25, -0.2) is 0 Å². The second-order valence-electron chi connectivity index (χ2n) is 15.7. The molecule has 252 valence electrons. The zero-order chi connectivity index (χ0) is 33.2. The van der Waals surface area contributed by atoms with E-state index >= 15 is 0 Å². The zero-order valence-corrected chi connectivity index (χ0v) is 34.0. The molecule has 0 saturated heterocycles. The van der Waals surface area contributed by atoms with Gasteiger partial charge in [0.05, 0.1) is 0 Å². The normalized spacial score (nSPS) is 13.8. The minimum absolute atomic E-state index is 0. The van der Waals surface area contributed by atoms with Crippen LogP contribution in [0.1, 0.15) is 85.0 Å². The molecule has 0 unspecified atom stereocenters. The van der Waals surface area contributed by atoms with Crippen molar-refractivity contribution >= 4 is 49.6 Å². The van der Waals surface area contributed by atoms with Crippen LogP contribution in [0.25, 0.3) is 32.7 Å². The molecule has 50 heavy (non-hydrogen) atoms. The first kappa shape index (κ1) is 36.4. The van der Waals surface area contributed by atoms with Crippen LogP contribution < -0.4 is 0 Å². The van der Waals surface area contributed by atoms with Gasteiger partial charge in [-0.1, -0.05) is 0 Å². The Bertz CT molecular complexity index is 2190. The number of fused-ring (bicyclic) bond motifs is 5. The minimum Gasteiger partial charge on any atom is -0.147 e. The Kier molecular flexibility index (Phi) is 10.2. The molecule has 6 aromatic carbocycles. The Morgan fingerprint density at radius 2 is 1.02 bits per heavy atom. The third-order valence-corrected chi connectivity index (χ3v) is 18.8. The third-order valence-electron chi connectivity index (χ3n) is 10.5. The fraction of sp³-hybridized carbons (Fsp3) is 0.213. The molecule has 6 aromatic rings. The van der Waals surface area contributed by atoms with E-state index in [0.717, 1.165) is 6.42 Å². The van der Waals surface area contributed by atoms with E-state index in [2.05, 4.69) is 181 Å². The summed E-state index contributed by atoms with van der Waals surface area (Å²) in [6.07, 6.45) is 8.26. The quantitative estimate of drug-likeness (QED) is 0.167. The van der Waals surface area contributed by atoms with E-state index in [9.17, 15) is 0 Å². The van der Waals surface area contributed by atoms with Crippen molar-refractivity contribution in [3.05, 3.63) is 176 Å². The molecule has 0 atom stereocenters. The molecular formula is C47H46Cl2Zr. The van der Waals surface area contributed by atoms with E-state index in [-0.39, 0.29) is 35.6 Å². The van der Waals surface area contributed by atoms with Crippen LogP contribution >= 0.6 is 24.8 Å². The van der Waals surface area contributed by atoms with Crippen molar-refractivity contribution < 1.29 is 21.3 Å². The molecule has 0 nitrogen and oxygen atoms in total. The first-order valence-corrected chi connectivity index (χ1v) is 21.3. The number of allylic oxidation sites excluding steroid dienone is 4. The van der Waals surface area contributed by atoms with Crippen molar-refractivity contribution in [1.29, 1.82) is 0 Å². The van der Waals surface area contributed by atoms with Gasteiger partial charge < -0.3 is 0 Å². The molecule has 0 radical (unpaired) electrons. The molecule has 0 aromatic heterocycles. The molecule has 0 fully saturated rings. The van der Waals surface area contributed by atoms with E-state index in [0.29, 0.717) is 3.63 Å². The van der Waals surface area contributed by atoms with Gasteiger partial charge in [-0.15, -0.1) is 24.8 Å². The van der Waals surface area contributed by atoms with Gasteiger partial charge in [0.15, 0.2) is 0 Å². The monoisotopic (exact) mass is 770 g/mol. The molecule has 0 aliphatic heterocycles. The van der Waals surface area contributed by atoms with Crippen molar-refractivity contribution in [1.82, 2.24) is 0 Å². The minimum atomic E-state index is -2.88. The van der Waals surface area contributed by atoms with E-state index in [4.69, 9.17) is 0 Å². The molecule has 3 heteroatoms. The molecule has 0 amide bonds. The SMILES string of the molecule is CC(C)(C)c1ccc2c(c1)-c1cc(C(C)(C)C)ccc1[CH]2[Zr]([C]1=CC=CC1)=[C](c1cccc2ccccc12)c1cccc2ccccc12.Cl.Cl. The average Bonchev–Trinajstić information content (AvgIpc) is 3.72. The van der Waals surface area contributed by atoms with Gasteiger partial charge in [-0.2, -0.15) is 0 Å². The van der Waals surface area contributed by atoms with Gasteiger partial charge in [0.2, 0.25) is 0 Å². The van der Waals surface area contributed by atoms with Crippen LogP contribution in [0.5, 0.6) is 0 Å². The summed E-state index contributed by atoms with van der Waals surface area (Å²) in [5.41, 5.74) is 11.8. The van der Waals surface area contributed by atoms with Crippen molar-refractivity contribution in [2.75, 3.05) is 0 Å². The maximum Gasteiger partial charge on any atom is -0.147 e. The van der Waals surface area contributed by atoms with Crippen LogP contribution in [0.15, 0.2) is 143 Å². The predicted molar refractivity (Wildman–Crippen MR) is 219 cm³/mol. The van der Waals surface area contributed by atoms with Crippen LogP contribution in [0, 0.1) is 0 Å². The Hall–Kier alpha value is -3.35. The third kappa shape index (κ3) is 6.36. The molecule has 2 aliphatic rings. The number of hydrogen-bond acceptors (Lipinski definition) is 0. The largest absolute Gasteiger partial charge is 0.147 e. The van der Waals surface area contributed by atoms with Gasteiger partial charge in [0.25, 0.3) is 0 Å². The van der Waals surface area contributed by atoms with E-state index in [1.807, 2.05) is 0 Å². The summed E-state index contributed by atoms with van der Waals surface area (Å²) in [7, 11) is 0. The fourth-order valence-corrected chi connectivity index (χ4v) is 17.1. The maximum atomic E-state index is 2.54. The van der Waals surface area contributed by atoms with E-state index in [1.165, 1.54) is 66.1 Å². The van der Waals surface area contributed by atoms with Crippen LogP contribution in [0.2, 0.25) is 0 Å². The molecule has 0 N–H and O–H groups in total. The summed E-state index contributed by atoms with van der Waals surface area (Å²) in [5.74, 6) is 0. The molecule has 0 saturated carbocycles. The summed E-state index contributed by atoms with van der Waals surface area (Å²) in [5, 5.41) is 5.34. The zero-order valence-electron chi connectivity index (χ0n) is 29.9. The van der Waals surface area contributed by atoms with Crippen LogP contribution in [0.3, 0.4) is 0 Å². The molecule has 0 heterocycles. The van der Waals surface area contributed by atoms with Crippen molar-refractivity contribution in [3.8, 4) is 11.1 Å². The standard InChI is InChI=1S/C21H14.C21H25.C5H5.2ClH.Zr/c1-3-13-20-16(7-1)9-5-11-18(20)15-19-12-6-10-17-8-2-4-14-21(17)19;1-20(2,3)16-9-7-14-11-15-8-10-17(21(4,5)6)13-19(15)18(14)12-16;1-2-4-5-3-1;;;/h1-14H;7-13H,1-6H3;1-3H,4H2;2*1H;. The van der Waals surface area contributed by atoms with E-state index in [1.54, 1.807) is 6.49 Å². The average molecular weight is 773 g/mol. The van der Waals surface area contributed by atoms with Crippen molar-refractivity contribution in [2.24, 2.45) is 0 Å². The Morgan fingerprint density at radius 1 is 0.560 bits per heavy atom. The van der Waals surface area contributed by atoms with Crippen LogP contribution in [-0.4, -0.2) is 3.21 Å². The van der Waals surface area contributed by atoms with Gasteiger partial charge in [0, 0.05) is 0 Å². The number of rotatable bonds is 4. The smallest absolute Gasteiger partial charge is 0.147 e. The summed E-state index contributed by atoms with van der Waals surface area (Å²) < 4.78 is 3.67. The second-order valence-corrected chi connectivity index (χ2v) is 22.0. The number of hydrogen-bond donors (Lipinski definition) is 0. The topological polar surface area (TPSA) is 0 Å². The van der Waals surface area contributed by atoms with Gasteiger partial charge >= 0.3 is 296 Å².